The second-order valence-corrected chi connectivity index (χ2v) is 11.5. The molecule has 1 aromatic heterocycles. The van der Waals surface area contributed by atoms with Crippen molar-refractivity contribution in [2.75, 3.05) is 11.9 Å². The van der Waals surface area contributed by atoms with E-state index >= 15 is 0 Å². The first-order valence-corrected chi connectivity index (χ1v) is 12.2. The van der Waals surface area contributed by atoms with Gasteiger partial charge in [-0.2, -0.15) is 0 Å². The summed E-state index contributed by atoms with van der Waals surface area (Å²) in [5.41, 5.74) is -0.176. The third-order valence-corrected chi connectivity index (χ3v) is 8.45. The van der Waals surface area contributed by atoms with Crippen molar-refractivity contribution in [1.29, 1.82) is 0 Å². The van der Waals surface area contributed by atoms with Gasteiger partial charge in [0.1, 0.15) is 11.0 Å². The Balaban J connectivity index is 1.28. The lowest BCUT2D eigenvalue weighted by Crippen LogP contribution is -2.56. The lowest BCUT2D eigenvalue weighted by molar-refractivity contribution is -0.160. The predicted octanol–water partition coefficient (Wildman–Crippen LogP) is 3.88. The molecule has 1 unspecified atom stereocenters. The van der Waals surface area contributed by atoms with Crippen LogP contribution in [-0.2, 0) is 16.0 Å². The number of aromatic nitrogens is 2. The Bertz CT molecular complexity index is 769. The smallest absolute Gasteiger partial charge is 0.249 e. The molecule has 1 saturated heterocycles. The van der Waals surface area contributed by atoms with Crippen molar-refractivity contribution < 1.29 is 9.59 Å². The van der Waals surface area contributed by atoms with E-state index in [1.807, 2.05) is 4.90 Å². The van der Waals surface area contributed by atoms with Crippen LogP contribution in [0.3, 0.4) is 0 Å². The molecule has 0 aromatic carbocycles. The molecule has 6 nitrogen and oxygen atoms in total. The van der Waals surface area contributed by atoms with Crippen LogP contribution >= 0.6 is 11.3 Å². The minimum atomic E-state index is -0.354. The van der Waals surface area contributed by atoms with Gasteiger partial charge in [-0.25, -0.2) is 0 Å². The van der Waals surface area contributed by atoms with Crippen LogP contribution in [0.4, 0.5) is 5.13 Å². The summed E-state index contributed by atoms with van der Waals surface area (Å²) < 4.78 is 0. The third kappa shape index (κ3) is 3.60. The van der Waals surface area contributed by atoms with Crippen molar-refractivity contribution in [3.63, 3.8) is 0 Å². The normalized spacial score (nSPS) is 35.5. The fourth-order valence-electron chi connectivity index (χ4n) is 6.88. The van der Waals surface area contributed by atoms with E-state index in [4.69, 9.17) is 0 Å². The molecule has 29 heavy (non-hydrogen) atoms. The van der Waals surface area contributed by atoms with Gasteiger partial charge in [0, 0.05) is 13.0 Å². The average Bonchev–Trinajstić information content (AvgIpc) is 3.29. The Morgan fingerprint density at radius 2 is 1.79 bits per heavy atom. The van der Waals surface area contributed by atoms with Gasteiger partial charge in [-0.3, -0.25) is 14.9 Å². The summed E-state index contributed by atoms with van der Waals surface area (Å²) in [6, 6.07) is -0.354. The van der Waals surface area contributed by atoms with E-state index in [1.165, 1.54) is 30.6 Å². The fourth-order valence-corrected chi connectivity index (χ4v) is 7.84. The summed E-state index contributed by atoms with van der Waals surface area (Å²) in [7, 11) is 0. The lowest BCUT2D eigenvalue weighted by atomic mass is 9.49. The number of anilines is 1. The number of amides is 2. The maximum atomic E-state index is 13.7. The Hall–Kier alpha value is -1.50. The molecule has 5 aliphatic rings. The summed E-state index contributed by atoms with van der Waals surface area (Å²) in [6.07, 6.45) is 9.66. The van der Waals surface area contributed by atoms with Crippen LogP contribution < -0.4 is 5.32 Å². The maximum absolute atomic E-state index is 13.7. The molecule has 1 atom stereocenters. The van der Waals surface area contributed by atoms with Crippen LogP contribution in [0.15, 0.2) is 0 Å². The number of carbonyl (C=O) groups is 2. The summed E-state index contributed by atoms with van der Waals surface area (Å²) >= 11 is 1.45. The number of rotatable bonds is 5. The van der Waals surface area contributed by atoms with E-state index in [-0.39, 0.29) is 23.3 Å². The minimum absolute atomic E-state index is 0.0900. The van der Waals surface area contributed by atoms with Gasteiger partial charge in [-0.05, 0) is 75.0 Å². The zero-order chi connectivity index (χ0) is 20.2. The van der Waals surface area contributed by atoms with Crippen molar-refractivity contribution in [3.05, 3.63) is 5.01 Å². The molecule has 0 spiro atoms. The molecule has 7 heteroatoms. The average molecular weight is 417 g/mol. The Morgan fingerprint density at radius 3 is 2.41 bits per heavy atom. The Morgan fingerprint density at radius 1 is 1.14 bits per heavy atom. The molecule has 2 heterocycles. The number of hydrogen-bond acceptors (Lipinski definition) is 5. The highest BCUT2D eigenvalue weighted by molar-refractivity contribution is 7.15. The van der Waals surface area contributed by atoms with Gasteiger partial charge in [0.25, 0.3) is 0 Å². The lowest BCUT2D eigenvalue weighted by Gasteiger charge is -2.56. The number of nitrogens with one attached hydrogen (secondary N) is 1. The summed E-state index contributed by atoms with van der Waals surface area (Å²) in [5.74, 6) is 2.90. The highest BCUT2D eigenvalue weighted by Gasteiger charge is 2.56. The third-order valence-electron chi connectivity index (χ3n) is 7.59. The van der Waals surface area contributed by atoms with Crippen molar-refractivity contribution in [2.24, 2.45) is 29.1 Å². The molecule has 2 amide bonds. The molecule has 4 aliphatic carbocycles. The van der Waals surface area contributed by atoms with Crippen LogP contribution in [0.1, 0.15) is 70.2 Å². The first-order valence-electron chi connectivity index (χ1n) is 11.4. The van der Waals surface area contributed by atoms with Crippen molar-refractivity contribution in [1.82, 2.24) is 15.1 Å². The first-order chi connectivity index (χ1) is 13.9. The molecule has 4 saturated carbocycles. The second-order valence-electron chi connectivity index (χ2n) is 10.4. The van der Waals surface area contributed by atoms with E-state index in [1.54, 1.807) is 0 Å². The van der Waals surface area contributed by atoms with E-state index in [0.717, 1.165) is 61.3 Å². The van der Waals surface area contributed by atoms with Crippen LogP contribution in [0.2, 0.25) is 0 Å². The van der Waals surface area contributed by atoms with Gasteiger partial charge in [-0.1, -0.05) is 25.2 Å². The molecule has 6 rings (SSSR count). The van der Waals surface area contributed by atoms with Crippen molar-refractivity contribution >= 4 is 28.3 Å². The number of likely N-dealkylation sites (tertiary alicyclic amines) is 1. The molecule has 1 N–H and O–H groups in total. The molecule has 4 bridgehead atoms. The van der Waals surface area contributed by atoms with Gasteiger partial charge in [0.15, 0.2) is 0 Å². The standard InChI is InChI=1S/C22H32N4O2S/c1-13(2)6-18-24-25-21(29-18)23-19(27)17-4-3-5-26(17)20(28)22-10-14-7-15(11-22)9-16(8-14)12-22/h13-17H,3-12H2,1-2H3,(H,23,25,27). The van der Waals surface area contributed by atoms with E-state index in [0.29, 0.717) is 17.6 Å². The zero-order valence-electron chi connectivity index (χ0n) is 17.5. The van der Waals surface area contributed by atoms with E-state index < -0.39 is 0 Å². The molecule has 5 fully saturated rings. The van der Waals surface area contributed by atoms with Crippen LogP contribution in [0, 0.1) is 29.1 Å². The molecule has 0 radical (unpaired) electrons. The minimum Gasteiger partial charge on any atom is -0.330 e. The van der Waals surface area contributed by atoms with Gasteiger partial charge in [0.05, 0.1) is 5.41 Å². The molecule has 158 valence electrons. The van der Waals surface area contributed by atoms with Gasteiger partial charge < -0.3 is 4.90 Å². The van der Waals surface area contributed by atoms with Crippen LogP contribution in [0.25, 0.3) is 0 Å². The Labute approximate surface area is 176 Å². The van der Waals surface area contributed by atoms with Crippen LogP contribution in [0.5, 0.6) is 0 Å². The summed E-state index contributed by atoms with van der Waals surface area (Å²) in [5, 5.41) is 12.8. The number of carbonyl (C=O) groups excluding carboxylic acids is 2. The van der Waals surface area contributed by atoms with Gasteiger partial charge >= 0.3 is 0 Å². The Kier molecular flexibility index (Phi) is 4.92. The highest BCUT2D eigenvalue weighted by Crippen LogP contribution is 2.60. The quantitative estimate of drug-likeness (QED) is 0.790. The van der Waals surface area contributed by atoms with E-state index in [9.17, 15) is 9.59 Å². The van der Waals surface area contributed by atoms with Gasteiger partial charge in [0.2, 0.25) is 16.9 Å². The van der Waals surface area contributed by atoms with Crippen molar-refractivity contribution in [2.45, 2.75) is 77.7 Å². The van der Waals surface area contributed by atoms with Crippen molar-refractivity contribution in [3.8, 4) is 0 Å². The van der Waals surface area contributed by atoms with Gasteiger partial charge in [-0.15, -0.1) is 10.2 Å². The van der Waals surface area contributed by atoms with E-state index in [2.05, 4.69) is 29.4 Å². The fraction of sp³-hybridized carbons (Fsp3) is 0.818. The molecule has 1 aliphatic heterocycles. The monoisotopic (exact) mass is 416 g/mol. The molecule has 1 aromatic rings. The number of nitrogens with zero attached hydrogens (tertiary/aromatic N) is 3. The zero-order valence-corrected chi connectivity index (χ0v) is 18.3. The number of hydrogen-bond donors (Lipinski definition) is 1. The molecular formula is C22H32N4O2S. The highest BCUT2D eigenvalue weighted by atomic mass is 32.1. The molecular weight excluding hydrogens is 384 g/mol. The maximum Gasteiger partial charge on any atom is 0.249 e. The SMILES string of the molecule is CC(C)Cc1nnc(NC(=O)C2CCCN2C(=O)C23CC4CC(CC(C4)C2)C3)s1. The van der Waals surface area contributed by atoms with Crippen LogP contribution in [-0.4, -0.2) is 39.5 Å². The summed E-state index contributed by atoms with van der Waals surface area (Å²) in [4.78, 5) is 28.6. The topological polar surface area (TPSA) is 75.2 Å². The predicted molar refractivity (Wildman–Crippen MR) is 112 cm³/mol. The second kappa shape index (κ2) is 7.33. The first kappa shape index (κ1) is 19.5. The summed E-state index contributed by atoms with van der Waals surface area (Å²) in [6.45, 7) is 5.01. The largest absolute Gasteiger partial charge is 0.330 e.